The molecule has 0 aliphatic rings. The van der Waals surface area contributed by atoms with Gasteiger partial charge in [0.15, 0.2) is 5.75 Å². The molecule has 0 heterocycles. The first kappa shape index (κ1) is 15.8. The van der Waals surface area contributed by atoms with Crippen molar-refractivity contribution < 1.29 is 12.6 Å². The second kappa shape index (κ2) is 6.57. The van der Waals surface area contributed by atoms with Gasteiger partial charge < -0.3 is 4.18 Å². The van der Waals surface area contributed by atoms with Gasteiger partial charge in [-0.25, -0.2) is 0 Å². The summed E-state index contributed by atoms with van der Waals surface area (Å²) in [4.78, 5) is -0.0515. The fourth-order valence-electron chi connectivity index (χ4n) is 2.28. The number of nitrogens with zero attached hydrogens (tertiary/aromatic N) is 1. The molecule has 0 unspecified atom stereocenters. The van der Waals surface area contributed by atoms with Gasteiger partial charge in [0.1, 0.15) is 4.90 Å². The molecule has 0 atom stereocenters. The van der Waals surface area contributed by atoms with Crippen molar-refractivity contribution in [1.29, 1.82) is 5.26 Å². The topological polar surface area (TPSA) is 67.2 Å². The highest BCUT2D eigenvalue weighted by Gasteiger charge is 2.19. The van der Waals surface area contributed by atoms with E-state index in [4.69, 9.17) is 9.44 Å². The van der Waals surface area contributed by atoms with Crippen molar-refractivity contribution in [1.82, 2.24) is 0 Å². The van der Waals surface area contributed by atoms with Crippen LogP contribution in [0.1, 0.15) is 5.56 Å². The molecule has 0 aliphatic carbocycles. The fourth-order valence-corrected chi connectivity index (χ4v) is 3.28. The molecule has 0 aromatic heterocycles. The van der Waals surface area contributed by atoms with Crippen LogP contribution >= 0.6 is 0 Å². The number of rotatable bonds is 4. The van der Waals surface area contributed by atoms with Gasteiger partial charge in [-0.1, -0.05) is 54.6 Å². The van der Waals surface area contributed by atoms with E-state index in [1.807, 2.05) is 42.5 Å². The molecular formula is C19H13NO3S. The Labute approximate surface area is 140 Å². The normalized spacial score (nSPS) is 10.8. The minimum Gasteiger partial charge on any atom is -0.378 e. The third-order valence-corrected chi connectivity index (χ3v) is 4.65. The minimum absolute atomic E-state index is 0.0515. The summed E-state index contributed by atoms with van der Waals surface area (Å²) in [7, 11) is -4.03. The predicted molar refractivity (Wildman–Crippen MR) is 90.8 cm³/mol. The molecule has 0 saturated carbocycles. The third kappa shape index (κ3) is 3.29. The molecule has 0 aliphatic heterocycles. The molecule has 3 aromatic rings. The first-order chi connectivity index (χ1) is 11.6. The van der Waals surface area contributed by atoms with Gasteiger partial charge in [-0.2, -0.15) is 13.7 Å². The van der Waals surface area contributed by atoms with E-state index in [2.05, 4.69) is 0 Å². The van der Waals surface area contributed by atoms with E-state index in [9.17, 15) is 8.42 Å². The van der Waals surface area contributed by atoms with Gasteiger partial charge >= 0.3 is 10.1 Å². The largest absolute Gasteiger partial charge is 0.378 e. The first-order valence-electron chi connectivity index (χ1n) is 7.19. The van der Waals surface area contributed by atoms with Crippen LogP contribution in [0, 0.1) is 11.3 Å². The van der Waals surface area contributed by atoms with Crippen LogP contribution in [0.5, 0.6) is 5.75 Å². The van der Waals surface area contributed by atoms with E-state index in [0.717, 1.165) is 5.56 Å². The highest BCUT2D eigenvalue weighted by atomic mass is 32.2. The summed E-state index contributed by atoms with van der Waals surface area (Å²) in [5.74, 6) is 0.242. The quantitative estimate of drug-likeness (QED) is 0.676. The van der Waals surface area contributed by atoms with E-state index in [1.54, 1.807) is 18.2 Å². The number of hydrogen-bond donors (Lipinski definition) is 0. The van der Waals surface area contributed by atoms with Crippen LogP contribution in [-0.4, -0.2) is 8.42 Å². The van der Waals surface area contributed by atoms with Crippen molar-refractivity contribution in [2.75, 3.05) is 0 Å². The lowest BCUT2D eigenvalue weighted by atomic mass is 10.1. The SMILES string of the molecule is N#Cc1cccc(S(=O)(=O)Oc2ccccc2-c2ccccc2)c1. The molecule has 0 fully saturated rings. The zero-order valence-electron chi connectivity index (χ0n) is 12.6. The third-order valence-electron chi connectivity index (χ3n) is 3.42. The highest BCUT2D eigenvalue weighted by Crippen LogP contribution is 2.31. The van der Waals surface area contributed by atoms with Gasteiger partial charge in [0.05, 0.1) is 11.6 Å². The maximum Gasteiger partial charge on any atom is 0.339 e. The molecule has 24 heavy (non-hydrogen) atoms. The van der Waals surface area contributed by atoms with E-state index >= 15 is 0 Å². The molecule has 3 aromatic carbocycles. The van der Waals surface area contributed by atoms with E-state index < -0.39 is 10.1 Å². The molecule has 3 rings (SSSR count). The Hall–Kier alpha value is -3.10. The van der Waals surface area contributed by atoms with Gasteiger partial charge in [-0.3, -0.25) is 0 Å². The zero-order chi connectivity index (χ0) is 17.0. The Balaban J connectivity index is 2.01. The number of hydrogen-bond acceptors (Lipinski definition) is 4. The van der Waals surface area contributed by atoms with Crippen LogP contribution in [0.2, 0.25) is 0 Å². The molecule has 0 amide bonds. The molecule has 0 spiro atoms. The van der Waals surface area contributed by atoms with E-state index in [-0.39, 0.29) is 16.2 Å². The predicted octanol–water partition coefficient (Wildman–Crippen LogP) is 3.99. The van der Waals surface area contributed by atoms with Crippen molar-refractivity contribution in [3.63, 3.8) is 0 Å². The second-order valence-electron chi connectivity index (χ2n) is 5.04. The molecule has 0 N–H and O–H groups in total. The van der Waals surface area contributed by atoms with Crippen LogP contribution in [0.15, 0.2) is 83.8 Å². The maximum absolute atomic E-state index is 12.5. The lowest BCUT2D eigenvalue weighted by molar-refractivity contribution is 0.487. The maximum atomic E-state index is 12.5. The molecule has 0 bridgehead atoms. The molecule has 118 valence electrons. The van der Waals surface area contributed by atoms with E-state index in [0.29, 0.717) is 5.56 Å². The number of nitriles is 1. The lowest BCUT2D eigenvalue weighted by Crippen LogP contribution is -2.10. The van der Waals surface area contributed by atoms with Crippen LogP contribution in [0.25, 0.3) is 11.1 Å². The monoisotopic (exact) mass is 335 g/mol. The molecule has 5 heteroatoms. The average molecular weight is 335 g/mol. The average Bonchev–Trinajstić information content (AvgIpc) is 2.63. The first-order valence-corrected chi connectivity index (χ1v) is 8.60. The summed E-state index contributed by atoms with van der Waals surface area (Å²) < 4.78 is 30.4. The molecule has 0 radical (unpaired) electrons. The lowest BCUT2D eigenvalue weighted by Gasteiger charge is -2.11. The van der Waals surface area contributed by atoms with Crippen molar-refractivity contribution in [2.24, 2.45) is 0 Å². The number of para-hydroxylation sites is 1. The van der Waals surface area contributed by atoms with Crippen molar-refractivity contribution >= 4 is 10.1 Å². The number of benzene rings is 3. The summed E-state index contributed by atoms with van der Waals surface area (Å²) in [5, 5.41) is 8.92. The Bertz CT molecular complexity index is 1010. The highest BCUT2D eigenvalue weighted by molar-refractivity contribution is 7.87. The standard InChI is InChI=1S/C19H13NO3S/c20-14-15-7-6-10-17(13-15)24(21,22)23-19-12-5-4-11-18(19)16-8-2-1-3-9-16/h1-13H. The van der Waals surface area contributed by atoms with Gasteiger partial charge in [0.2, 0.25) is 0 Å². The zero-order valence-corrected chi connectivity index (χ0v) is 13.4. The minimum atomic E-state index is -4.03. The Morgan fingerprint density at radius 2 is 1.54 bits per heavy atom. The smallest absolute Gasteiger partial charge is 0.339 e. The van der Waals surface area contributed by atoms with Crippen LogP contribution < -0.4 is 4.18 Å². The van der Waals surface area contributed by atoms with Crippen molar-refractivity contribution in [2.45, 2.75) is 4.90 Å². The van der Waals surface area contributed by atoms with Gasteiger partial charge in [-0.05, 0) is 29.8 Å². The van der Waals surface area contributed by atoms with Gasteiger partial charge in [0.25, 0.3) is 0 Å². The summed E-state index contributed by atoms with van der Waals surface area (Å²) in [6.07, 6.45) is 0. The van der Waals surface area contributed by atoms with Gasteiger partial charge in [0, 0.05) is 5.56 Å². The van der Waals surface area contributed by atoms with Crippen LogP contribution in [0.4, 0.5) is 0 Å². The van der Waals surface area contributed by atoms with Crippen LogP contribution in [0.3, 0.4) is 0 Å². The molecule has 4 nitrogen and oxygen atoms in total. The second-order valence-corrected chi connectivity index (χ2v) is 6.59. The summed E-state index contributed by atoms with van der Waals surface area (Å²) >= 11 is 0. The van der Waals surface area contributed by atoms with Crippen LogP contribution in [-0.2, 0) is 10.1 Å². The van der Waals surface area contributed by atoms with Crippen molar-refractivity contribution in [3.8, 4) is 22.9 Å². The Kier molecular flexibility index (Phi) is 4.32. The Morgan fingerprint density at radius 3 is 2.29 bits per heavy atom. The molecular weight excluding hydrogens is 322 g/mol. The summed E-state index contributed by atoms with van der Waals surface area (Å²) in [6.45, 7) is 0. The summed E-state index contributed by atoms with van der Waals surface area (Å²) in [5.41, 5.74) is 1.79. The summed E-state index contributed by atoms with van der Waals surface area (Å²) in [6, 6.07) is 24.0. The molecule has 0 saturated heterocycles. The van der Waals surface area contributed by atoms with Gasteiger partial charge in [-0.15, -0.1) is 0 Å². The van der Waals surface area contributed by atoms with E-state index in [1.165, 1.54) is 24.3 Å². The fraction of sp³-hybridized carbons (Fsp3) is 0. The Morgan fingerprint density at radius 1 is 0.833 bits per heavy atom. The van der Waals surface area contributed by atoms with Crippen molar-refractivity contribution in [3.05, 3.63) is 84.4 Å².